The van der Waals surface area contributed by atoms with Gasteiger partial charge in [-0.25, -0.2) is 0 Å². The average Bonchev–Trinajstić information content (AvgIpc) is 2.70. The molecule has 6 heteroatoms. The summed E-state index contributed by atoms with van der Waals surface area (Å²) in [6.07, 6.45) is 7.61. The number of aliphatic hydroxyl groups excluding tert-OH is 1. The van der Waals surface area contributed by atoms with Crippen molar-refractivity contribution in [3.63, 3.8) is 0 Å². The molecule has 1 aliphatic carbocycles. The SMILES string of the molecule is Cn1cc(-c2ccc3c(c2)COC2(CCN(C4CCC4)CC2)O3)c(CO)cc1=O. The first-order valence-electron chi connectivity index (χ1n) is 10.6. The van der Waals surface area contributed by atoms with E-state index in [1.807, 2.05) is 18.2 Å². The third kappa shape index (κ3) is 3.39. The molecule has 2 aromatic rings. The lowest BCUT2D eigenvalue weighted by Crippen LogP contribution is -2.54. The van der Waals surface area contributed by atoms with Crippen molar-refractivity contribution in [1.29, 1.82) is 0 Å². The van der Waals surface area contributed by atoms with Gasteiger partial charge in [-0.3, -0.25) is 9.69 Å². The summed E-state index contributed by atoms with van der Waals surface area (Å²) < 4.78 is 14.2. The smallest absolute Gasteiger partial charge is 0.250 e. The average molecular weight is 396 g/mol. The number of aromatic nitrogens is 1. The van der Waals surface area contributed by atoms with Crippen molar-refractivity contribution in [1.82, 2.24) is 9.47 Å². The van der Waals surface area contributed by atoms with Crippen molar-refractivity contribution in [2.45, 2.75) is 57.1 Å². The number of benzene rings is 1. The number of nitrogens with zero attached hydrogens (tertiary/aromatic N) is 2. The van der Waals surface area contributed by atoms with Crippen LogP contribution in [0.1, 0.15) is 43.2 Å². The van der Waals surface area contributed by atoms with Crippen molar-refractivity contribution in [2.24, 2.45) is 7.05 Å². The molecule has 0 unspecified atom stereocenters. The van der Waals surface area contributed by atoms with Gasteiger partial charge in [-0.05, 0) is 36.1 Å². The van der Waals surface area contributed by atoms with Crippen LogP contribution in [0.4, 0.5) is 0 Å². The van der Waals surface area contributed by atoms with E-state index in [4.69, 9.17) is 9.47 Å². The maximum absolute atomic E-state index is 11.9. The number of hydrogen-bond acceptors (Lipinski definition) is 5. The van der Waals surface area contributed by atoms with Crippen LogP contribution in [0.3, 0.4) is 0 Å². The minimum absolute atomic E-state index is 0.127. The summed E-state index contributed by atoms with van der Waals surface area (Å²) in [5.41, 5.74) is 3.31. The molecule has 29 heavy (non-hydrogen) atoms. The number of hydrogen-bond donors (Lipinski definition) is 1. The van der Waals surface area contributed by atoms with Gasteiger partial charge in [-0.15, -0.1) is 0 Å². The summed E-state index contributed by atoms with van der Waals surface area (Å²) in [5.74, 6) is 0.384. The van der Waals surface area contributed by atoms with E-state index in [-0.39, 0.29) is 12.2 Å². The van der Waals surface area contributed by atoms with E-state index in [1.54, 1.807) is 13.2 Å². The van der Waals surface area contributed by atoms with Crippen LogP contribution in [0.25, 0.3) is 11.1 Å². The first-order valence-corrected chi connectivity index (χ1v) is 10.6. The van der Waals surface area contributed by atoms with Gasteiger partial charge in [0.2, 0.25) is 5.79 Å². The topological polar surface area (TPSA) is 63.9 Å². The van der Waals surface area contributed by atoms with Crippen LogP contribution in [0.15, 0.2) is 35.3 Å². The van der Waals surface area contributed by atoms with Crippen molar-refractivity contribution < 1.29 is 14.6 Å². The Kier molecular flexibility index (Phi) is 4.73. The van der Waals surface area contributed by atoms with E-state index in [9.17, 15) is 9.90 Å². The predicted octanol–water partition coefficient (Wildman–Crippen LogP) is 2.80. The van der Waals surface area contributed by atoms with Gasteiger partial charge in [0.25, 0.3) is 5.56 Å². The van der Waals surface area contributed by atoms with Crippen LogP contribution in [0.5, 0.6) is 5.75 Å². The van der Waals surface area contributed by atoms with E-state index in [1.165, 1.54) is 29.9 Å². The van der Waals surface area contributed by atoms with E-state index < -0.39 is 5.79 Å². The fraction of sp³-hybridized carbons (Fsp3) is 0.522. The number of piperidine rings is 1. The summed E-state index contributed by atoms with van der Waals surface area (Å²) >= 11 is 0. The fourth-order valence-electron chi connectivity index (χ4n) is 4.69. The molecule has 0 atom stereocenters. The summed E-state index contributed by atoms with van der Waals surface area (Å²) in [6.45, 7) is 2.43. The number of aliphatic hydroxyl groups is 1. The summed E-state index contributed by atoms with van der Waals surface area (Å²) in [6, 6.07) is 8.31. The van der Waals surface area contributed by atoms with Gasteiger partial charge >= 0.3 is 0 Å². The fourth-order valence-corrected chi connectivity index (χ4v) is 4.69. The van der Waals surface area contributed by atoms with E-state index in [0.717, 1.165) is 54.4 Å². The van der Waals surface area contributed by atoms with Crippen molar-refractivity contribution in [2.75, 3.05) is 13.1 Å². The van der Waals surface area contributed by atoms with E-state index >= 15 is 0 Å². The monoisotopic (exact) mass is 396 g/mol. The van der Waals surface area contributed by atoms with Crippen LogP contribution in [-0.4, -0.2) is 39.5 Å². The molecule has 1 saturated carbocycles. The first kappa shape index (κ1) is 18.9. The lowest BCUT2D eigenvalue weighted by Gasteiger charge is -2.47. The normalized spacial score (nSPS) is 21.4. The van der Waals surface area contributed by atoms with Gasteiger partial charge in [0.1, 0.15) is 5.75 Å². The Morgan fingerprint density at radius 2 is 2.00 bits per heavy atom. The van der Waals surface area contributed by atoms with Crippen molar-refractivity contribution in [3.8, 4) is 16.9 Å². The molecule has 154 valence electrons. The number of rotatable bonds is 3. The highest BCUT2D eigenvalue weighted by atomic mass is 16.7. The van der Waals surface area contributed by atoms with Crippen LogP contribution < -0.4 is 10.3 Å². The summed E-state index contributed by atoms with van der Waals surface area (Å²) in [5, 5.41) is 9.68. The van der Waals surface area contributed by atoms with E-state index in [0.29, 0.717) is 12.2 Å². The molecular weight excluding hydrogens is 368 g/mol. The minimum Gasteiger partial charge on any atom is -0.462 e. The third-order valence-electron chi connectivity index (χ3n) is 6.79. The second-order valence-corrected chi connectivity index (χ2v) is 8.56. The van der Waals surface area contributed by atoms with Gasteiger partial charge in [-0.1, -0.05) is 12.5 Å². The third-order valence-corrected chi connectivity index (χ3v) is 6.79. The number of likely N-dealkylation sites (tertiary alicyclic amines) is 1. The molecule has 0 bridgehead atoms. The summed E-state index contributed by atoms with van der Waals surface area (Å²) in [4.78, 5) is 14.5. The Labute approximate surface area is 170 Å². The zero-order valence-electron chi connectivity index (χ0n) is 16.9. The molecule has 1 aromatic heterocycles. The molecule has 2 aliphatic heterocycles. The van der Waals surface area contributed by atoms with Gasteiger partial charge in [-0.2, -0.15) is 0 Å². The highest BCUT2D eigenvalue weighted by Gasteiger charge is 2.42. The maximum atomic E-state index is 11.9. The van der Waals surface area contributed by atoms with Crippen molar-refractivity contribution in [3.05, 3.63) is 51.9 Å². The van der Waals surface area contributed by atoms with Gasteiger partial charge in [0.15, 0.2) is 0 Å². The zero-order chi connectivity index (χ0) is 20.0. The van der Waals surface area contributed by atoms with Crippen LogP contribution >= 0.6 is 0 Å². The van der Waals surface area contributed by atoms with Gasteiger partial charge in [0, 0.05) is 62.4 Å². The number of ether oxygens (including phenoxy) is 2. The molecule has 3 heterocycles. The molecule has 2 fully saturated rings. The molecule has 0 radical (unpaired) electrons. The Bertz CT molecular complexity index is 971. The number of pyridine rings is 1. The minimum atomic E-state index is -0.498. The molecule has 6 nitrogen and oxygen atoms in total. The van der Waals surface area contributed by atoms with Gasteiger partial charge in [0.05, 0.1) is 13.2 Å². The maximum Gasteiger partial charge on any atom is 0.250 e. The lowest BCUT2D eigenvalue weighted by atomic mass is 9.89. The Balaban J connectivity index is 1.37. The molecular formula is C23H28N2O4. The van der Waals surface area contributed by atoms with Crippen molar-refractivity contribution >= 4 is 0 Å². The van der Waals surface area contributed by atoms with Gasteiger partial charge < -0.3 is 19.1 Å². The van der Waals surface area contributed by atoms with Crippen LogP contribution in [0.2, 0.25) is 0 Å². The predicted molar refractivity (Wildman–Crippen MR) is 110 cm³/mol. The highest BCUT2D eigenvalue weighted by Crippen LogP contribution is 2.40. The molecule has 3 aliphatic rings. The Hall–Kier alpha value is -2.15. The quantitative estimate of drug-likeness (QED) is 0.864. The second-order valence-electron chi connectivity index (χ2n) is 8.56. The largest absolute Gasteiger partial charge is 0.462 e. The van der Waals surface area contributed by atoms with E-state index in [2.05, 4.69) is 4.90 Å². The highest BCUT2D eigenvalue weighted by molar-refractivity contribution is 5.68. The molecule has 0 amide bonds. The molecule has 1 saturated heterocycles. The molecule has 1 aromatic carbocycles. The standard InChI is InChI=1S/C23H28N2O4/c1-24-13-20(17(14-26)12-22(24)27)16-5-6-21-18(11-16)15-28-23(29-21)7-9-25(10-8-23)19-3-2-4-19/h5-6,11-13,19,26H,2-4,7-10,14-15H2,1H3. The Morgan fingerprint density at radius 3 is 2.69 bits per heavy atom. The second kappa shape index (κ2) is 7.27. The zero-order valence-corrected chi connectivity index (χ0v) is 16.9. The molecule has 1 spiro atoms. The first-order chi connectivity index (χ1) is 14.1. The number of fused-ring (bicyclic) bond motifs is 1. The molecule has 1 N–H and O–H groups in total. The number of aryl methyl sites for hydroxylation is 1. The molecule has 5 rings (SSSR count). The summed E-state index contributed by atoms with van der Waals surface area (Å²) in [7, 11) is 1.72. The van der Waals surface area contributed by atoms with Crippen LogP contribution in [-0.2, 0) is 25.0 Å². The lowest BCUT2D eigenvalue weighted by molar-refractivity contribution is -0.231. The Morgan fingerprint density at radius 1 is 1.21 bits per heavy atom. The van der Waals surface area contributed by atoms with Crippen LogP contribution in [0, 0.1) is 0 Å².